The lowest BCUT2D eigenvalue weighted by Gasteiger charge is -2.24. The lowest BCUT2D eigenvalue weighted by molar-refractivity contribution is 0.297. The van der Waals surface area contributed by atoms with Crippen LogP contribution < -0.4 is 14.8 Å². The molecule has 1 N–H and O–H groups in total. The summed E-state index contributed by atoms with van der Waals surface area (Å²) in [6, 6.07) is 16.5. The van der Waals surface area contributed by atoms with E-state index in [-0.39, 0.29) is 17.9 Å². The van der Waals surface area contributed by atoms with Gasteiger partial charge in [-0.15, -0.1) is 12.4 Å². The second-order valence-corrected chi connectivity index (χ2v) is 6.66. The van der Waals surface area contributed by atoms with Gasteiger partial charge in [-0.2, -0.15) is 0 Å². The van der Waals surface area contributed by atoms with Crippen molar-refractivity contribution in [2.45, 2.75) is 45.7 Å². The Hall–Kier alpha value is -1.71. The second-order valence-electron chi connectivity index (χ2n) is 6.66. The van der Waals surface area contributed by atoms with Crippen molar-refractivity contribution in [3.63, 3.8) is 0 Å². The van der Waals surface area contributed by atoms with Crippen LogP contribution in [-0.4, -0.2) is 19.3 Å². The Kier molecular flexibility index (Phi) is 8.81. The van der Waals surface area contributed by atoms with Gasteiger partial charge >= 0.3 is 0 Å². The van der Waals surface area contributed by atoms with Crippen molar-refractivity contribution in [3.8, 4) is 11.5 Å². The van der Waals surface area contributed by atoms with Crippen molar-refractivity contribution < 1.29 is 9.47 Å². The van der Waals surface area contributed by atoms with Gasteiger partial charge in [-0.1, -0.05) is 43.3 Å². The molecule has 2 aromatic carbocycles. The molecule has 0 spiro atoms. The van der Waals surface area contributed by atoms with Crippen LogP contribution in [0.15, 0.2) is 48.5 Å². The molecule has 0 aliphatic carbocycles. The van der Waals surface area contributed by atoms with Crippen molar-refractivity contribution in [3.05, 3.63) is 59.7 Å². The maximum atomic E-state index is 5.91. The van der Waals surface area contributed by atoms with Gasteiger partial charge < -0.3 is 14.8 Å². The van der Waals surface area contributed by atoms with Gasteiger partial charge in [0.2, 0.25) is 0 Å². The van der Waals surface area contributed by atoms with Gasteiger partial charge in [0.1, 0.15) is 0 Å². The molecule has 3 nitrogen and oxygen atoms in total. The molecule has 0 fully saturated rings. The van der Waals surface area contributed by atoms with Gasteiger partial charge in [0, 0.05) is 18.5 Å². The van der Waals surface area contributed by atoms with Gasteiger partial charge in [-0.05, 0) is 43.5 Å². The first-order valence-electron chi connectivity index (χ1n) is 8.63. The topological polar surface area (TPSA) is 30.5 Å². The summed E-state index contributed by atoms with van der Waals surface area (Å²) in [4.78, 5) is 0. The molecule has 2 aromatic rings. The molecule has 0 atom stereocenters. The molecular formula is C21H30ClNO2. The smallest absolute Gasteiger partial charge is 0.161 e. The monoisotopic (exact) mass is 363 g/mol. The number of nitrogens with one attached hydrogen (secondary N) is 1. The molecule has 4 heteroatoms. The predicted molar refractivity (Wildman–Crippen MR) is 107 cm³/mol. The molecule has 25 heavy (non-hydrogen) atoms. The van der Waals surface area contributed by atoms with Crippen LogP contribution in [0.3, 0.4) is 0 Å². The van der Waals surface area contributed by atoms with Crippen LogP contribution in [0, 0.1) is 0 Å². The SMILES string of the molecule is CCC(C)(C)NCc1ccc(OCCc2ccccc2)c(OC)c1.Cl. The van der Waals surface area contributed by atoms with Crippen LogP contribution in [0.5, 0.6) is 11.5 Å². The minimum absolute atomic E-state index is 0. The van der Waals surface area contributed by atoms with E-state index in [1.807, 2.05) is 12.1 Å². The number of ether oxygens (including phenoxy) is 2. The first-order valence-corrected chi connectivity index (χ1v) is 8.63. The number of hydrogen-bond donors (Lipinski definition) is 1. The molecule has 0 aliphatic rings. The molecule has 0 saturated heterocycles. The Morgan fingerprint density at radius 3 is 2.32 bits per heavy atom. The van der Waals surface area contributed by atoms with E-state index in [1.54, 1.807) is 7.11 Å². The summed E-state index contributed by atoms with van der Waals surface area (Å²) in [5.41, 5.74) is 2.61. The molecule has 0 saturated carbocycles. The highest BCUT2D eigenvalue weighted by Crippen LogP contribution is 2.28. The van der Waals surface area contributed by atoms with Crippen LogP contribution in [0.4, 0.5) is 0 Å². The van der Waals surface area contributed by atoms with Crippen molar-refractivity contribution >= 4 is 12.4 Å². The maximum Gasteiger partial charge on any atom is 0.161 e. The Morgan fingerprint density at radius 2 is 1.68 bits per heavy atom. The largest absolute Gasteiger partial charge is 0.493 e. The third kappa shape index (κ3) is 6.97. The van der Waals surface area contributed by atoms with E-state index in [9.17, 15) is 0 Å². The average Bonchev–Trinajstić information content (AvgIpc) is 2.61. The average molecular weight is 364 g/mol. The third-order valence-electron chi connectivity index (χ3n) is 4.37. The molecule has 0 aromatic heterocycles. The molecule has 0 bridgehead atoms. The van der Waals surface area contributed by atoms with Crippen molar-refractivity contribution in [1.82, 2.24) is 5.32 Å². The van der Waals surface area contributed by atoms with E-state index in [4.69, 9.17) is 9.47 Å². The number of methoxy groups -OCH3 is 1. The summed E-state index contributed by atoms with van der Waals surface area (Å²) in [5.74, 6) is 1.59. The Labute approximate surface area is 158 Å². The highest BCUT2D eigenvalue weighted by atomic mass is 35.5. The Bertz CT molecular complexity index is 629. The van der Waals surface area contributed by atoms with Gasteiger partial charge in [-0.25, -0.2) is 0 Å². The van der Waals surface area contributed by atoms with E-state index in [0.717, 1.165) is 30.9 Å². The highest BCUT2D eigenvalue weighted by Gasteiger charge is 2.14. The van der Waals surface area contributed by atoms with Crippen molar-refractivity contribution in [1.29, 1.82) is 0 Å². The zero-order valence-electron chi connectivity index (χ0n) is 15.7. The maximum absolute atomic E-state index is 5.91. The van der Waals surface area contributed by atoms with Crippen molar-refractivity contribution in [2.75, 3.05) is 13.7 Å². The van der Waals surface area contributed by atoms with E-state index in [0.29, 0.717) is 6.61 Å². The molecule has 0 amide bonds. The standard InChI is InChI=1S/C21H29NO2.ClH/c1-5-21(2,3)22-16-18-11-12-19(20(15-18)23-4)24-14-13-17-9-7-6-8-10-17;/h6-12,15,22H,5,13-14,16H2,1-4H3;1H. The normalized spacial score (nSPS) is 10.9. The first kappa shape index (κ1) is 21.3. The van der Waals surface area contributed by atoms with Gasteiger partial charge in [0.15, 0.2) is 11.5 Å². The fourth-order valence-electron chi connectivity index (χ4n) is 2.33. The molecule has 0 aliphatic heterocycles. The number of rotatable bonds is 9. The summed E-state index contributed by atoms with van der Waals surface area (Å²) < 4.78 is 11.4. The van der Waals surface area contributed by atoms with Gasteiger partial charge in [0.25, 0.3) is 0 Å². The van der Waals surface area contributed by atoms with Gasteiger partial charge in [0.05, 0.1) is 13.7 Å². The van der Waals surface area contributed by atoms with Gasteiger partial charge in [-0.3, -0.25) is 0 Å². The minimum Gasteiger partial charge on any atom is -0.493 e. The number of hydrogen-bond acceptors (Lipinski definition) is 3. The van der Waals surface area contributed by atoms with E-state index in [2.05, 4.69) is 62.5 Å². The Morgan fingerprint density at radius 1 is 0.960 bits per heavy atom. The van der Waals surface area contributed by atoms with Crippen LogP contribution in [-0.2, 0) is 13.0 Å². The number of benzene rings is 2. The molecule has 138 valence electrons. The lowest BCUT2D eigenvalue weighted by atomic mass is 10.0. The van der Waals surface area contributed by atoms with Crippen LogP contribution >= 0.6 is 12.4 Å². The predicted octanol–water partition coefficient (Wildman–Crippen LogP) is 5.02. The lowest BCUT2D eigenvalue weighted by Crippen LogP contribution is -2.37. The molecule has 0 heterocycles. The fourth-order valence-corrected chi connectivity index (χ4v) is 2.33. The molecule has 0 radical (unpaired) electrons. The summed E-state index contributed by atoms with van der Waals surface area (Å²) in [6.07, 6.45) is 1.98. The second kappa shape index (κ2) is 10.3. The zero-order chi connectivity index (χ0) is 17.4. The van der Waals surface area contributed by atoms with Crippen LogP contribution in [0.1, 0.15) is 38.3 Å². The zero-order valence-corrected chi connectivity index (χ0v) is 16.5. The number of halogens is 1. The Balaban J connectivity index is 0.00000312. The highest BCUT2D eigenvalue weighted by molar-refractivity contribution is 5.85. The summed E-state index contributed by atoms with van der Waals surface area (Å²) in [5, 5.41) is 3.56. The van der Waals surface area contributed by atoms with E-state index >= 15 is 0 Å². The van der Waals surface area contributed by atoms with Crippen molar-refractivity contribution in [2.24, 2.45) is 0 Å². The molecular weight excluding hydrogens is 334 g/mol. The molecule has 0 unspecified atom stereocenters. The quantitative estimate of drug-likeness (QED) is 0.678. The first-order chi connectivity index (χ1) is 11.5. The fraction of sp³-hybridized carbons (Fsp3) is 0.429. The minimum atomic E-state index is 0. The summed E-state index contributed by atoms with van der Waals surface area (Å²) in [6.45, 7) is 8.08. The summed E-state index contributed by atoms with van der Waals surface area (Å²) >= 11 is 0. The van der Waals surface area contributed by atoms with E-state index in [1.165, 1.54) is 11.1 Å². The summed E-state index contributed by atoms with van der Waals surface area (Å²) in [7, 11) is 1.69. The molecule has 2 rings (SSSR count). The van der Waals surface area contributed by atoms with Crippen LogP contribution in [0.2, 0.25) is 0 Å². The van der Waals surface area contributed by atoms with E-state index < -0.39 is 0 Å². The van der Waals surface area contributed by atoms with Crippen LogP contribution in [0.25, 0.3) is 0 Å². The third-order valence-corrected chi connectivity index (χ3v) is 4.37.